The molecule has 0 fully saturated rings. The Balaban J connectivity index is 2.21. The molecular formula is C14H11N3S. The summed E-state index contributed by atoms with van der Waals surface area (Å²) in [5.41, 5.74) is 1.69. The average molecular weight is 253 g/mol. The van der Waals surface area contributed by atoms with Gasteiger partial charge in [-0.05, 0) is 23.6 Å². The van der Waals surface area contributed by atoms with Crippen molar-refractivity contribution in [3.8, 4) is 6.07 Å². The third-order valence-corrected chi connectivity index (χ3v) is 3.91. The Morgan fingerprint density at radius 1 is 1.22 bits per heavy atom. The van der Waals surface area contributed by atoms with Gasteiger partial charge in [-0.15, -0.1) is 11.3 Å². The molecule has 0 atom stereocenters. The van der Waals surface area contributed by atoms with Crippen LogP contribution in [0.15, 0.2) is 41.8 Å². The predicted molar refractivity (Wildman–Crippen MR) is 75.4 cm³/mol. The molecule has 3 nitrogen and oxygen atoms in total. The monoisotopic (exact) mass is 253 g/mol. The Hall–Kier alpha value is -2.25. The molecule has 4 heteroatoms. The van der Waals surface area contributed by atoms with E-state index in [2.05, 4.69) is 11.1 Å². The lowest BCUT2D eigenvalue weighted by Gasteiger charge is -2.15. The largest absolute Gasteiger partial charge is 0.340 e. The first-order chi connectivity index (χ1) is 8.81. The van der Waals surface area contributed by atoms with Crippen molar-refractivity contribution in [3.05, 3.63) is 47.3 Å². The maximum absolute atomic E-state index is 9.36. The zero-order valence-electron chi connectivity index (χ0n) is 9.84. The molecule has 0 amide bonds. The quantitative estimate of drug-likeness (QED) is 0.753. The zero-order chi connectivity index (χ0) is 12.5. The van der Waals surface area contributed by atoms with Crippen LogP contribution < -0.4 is 4.90 Å². The van der Waals surface area contributed by atoms with Crippen LogP contribution in [0.3, 0.4) is 0 Å². The average Bonchev–Trinajstić information content (AvgIpc) is 3.04. The molecule has 1 aromatic carbocycles. The summed E-state index contributed by atoms with van der Waals surface area (Å²) in [5.74, 6) is 0.848. The number of fused-ring (bicyclic) bond motifs is 1. The molecule has 3 rings (SSSR count). The summed E-state index contributed by atoms with van der Waals surface area (Å²) in [6.45, 7) is 0. The van der Waals surface area contributed by atoms with Gasteiger partial charge < -0.3 is 9.88 Å². The molecule has 2 heterocycles. The number of aromatic nitrogens is 1. The van der Waals surface area contributed by atoms with E-state index in [0.29, 0.717) is 5.56 Å². The maximum atomic E-state index is 9.36. The Bertz CT molecular complexity index is 719. The smallest absolute Gasteiger partial charge is 0.130 e. The zero-order valence-corrected chi connectivity index (χ0v) is 10.7. The summed E-state index contributed by atoms with van der Waals surface area (Å²) in [6.07, 6.45) is 0. The SMILES string of the molecule is CN(c1cccs1)c1[nH]c2ccccc2c1C#N. The van der Waals surface area contributed by atoms with Gasteiger partial charge >= 0.3 is 0 Å². The van der Waals surface area contributed by atoms with Gasteiger partial charge in [0.2, 0.25) is 0 Å². The fourth-order valence-corrected chi connectivity index (χ4v) is 2.77. The van der Waals surface area contributed by atoms with Crippen LogP contribution in [-0.4, -0.2) is 12.0 Å². The summed E-state index contributed by atoms with van der Waals surface area (Å²) in [4.78, 5) is 5.33. The van der Waals surface area contributed by atoms with Crippen molar-refractivity contribution in [3.63, 3.8) is 0 Å². The van der Waals surface area contributed by atoms with Crippen LogP contribution in [0.25, 0.3) is 10.9 Å². The van der Waals surface area contributed by atoms with Crippen molar-refractivity contribution in [1.29, 1.82) is 5.26 Å². The lowest BCUT2D eigenvalue weighted by molar-refractivity contribution is 1.18. The molecule has 0 saturated carbocycles. The number of nitriles is 1. The van der Waals surface area contributed by atoms with Crippen LogP contribution in [0.2, 0.25) is 0 Å². The van der Waals surface area contributed by atoms with Gasteiger partial charge in [-0.1, -0.05) is 18.2 Å². The van der Waals surface area contributed by atoms with Crippen molar-refractivity contribution in [1.82, 2.24) is 4.98 Å². The van der Waals surface area contributed by atoms with Crippen molar-refractivity contribution in [2.24, 2.45) is 0 Å². The first-order valence-corrected chi connectivity index (χ1v) is 6.47. The topological polar surface area (TPSA) is 42.8 Å². The van der Waals surface area contributed by atoms with Crippen molar-refractivity contribution >= 4 is 33.1 Å². The number of hydrogen-bond donors (Lipinski definition) is 1. The molecule has 0 saturated heterocycles. The molecule has 0 aliphatic heterocycles. The minimum atomic E-state index is 0.696. The van der Waals surface area contributed by atoms with Crippen LogP contribution in [0, 0.1) is 11.3 Å². The number of anilines is 2. The molecule has 0 bridgehead atoms. The van der Waals surface area contributed by atoms with Gasteiger partial charge in [0.15, 0.2) is 0 Å². The van der Waals surface area contributed by atoms with E-state index in [9.17, 15) is 5.26 Å². The van der Waals surface area contributed by atoms with Crippen molar-refractivity contribution < 1.29 is 0 Å². The fourth-order valence-electron chi connectivity index (χ4n) is 2.06. The Kier molecular flexibility index (Phi) is 2.54. The molecule has 1 N–H and O–H groups in total. The summed E-state index contributed by atoms with van der Waals surface area (Å²) in [6, 6.07) is 14.2. The number of nitrogens with zero attached hydrogens (tertiary/aromatic N) is 2. The van der Waals surface area contributed by atoms with Crippen molar-refractivity contribution in [2.75, 3.05) is 11.9 Å². The molecule has 2 aromatic heterocycles. The van der Waals surface area contributed by atoms with Crippen molar-refractivity contribution in [2.45, 2.75) is 0 Å². The highest BCUT2D eigenvalue weighted by Gasteiger charge is 2.15. The van der Waals surface area contributed by atoms with E-state index in [1.54, 1.807) is 11.3 Å². The van der Waals surface area contributed by atoms with E-state index in [1.807, 2.05) is 53.7 Å². The molecule has 0 unspecified atom stereocenters. The fraction of sp³-hybridized carbons (Fsp3) is 0.0714. The number of nitrogens with one attached hydrogen (secondary N) is 1. The lowest BCUT2D eigenvalue weighted by Crippen LogP contribution is -2.09. The number of H-pyrrole nitrogens is 1. The normalized spacial score (nSPS) is 10.4. The third kappa shape index (κ3) is 1.57. The van der Waals surface area contributed by atoms with E-state index >= 15 is 0 Å². The van der Waals surface area contributed by atoms with Gasteiger partial charge in [0, 0.05) is 18.0 Å². The Labute approximate surface area is 109 Å². The van der Waals surface area contributed by atoms with Crippen LogP contribution >= 0.6 is 11.3 Å². The van der Waals surface area contributed by atoms with Crippen LogP contribution in [0.1, 0.15) is 5.56 Å². The molecule has 0 radical (unpaired) electrons. The highest BCUT2D eigenvalue weighted by molar-refractivity contribution is 7.14. The maximum Gasteiger partial charge on any atom is 0.130 e. The van der Waals surface area contributed by atoms with Gasteiger partial charge in [0.05, 0.1) is 5.00 Å². The third-order valence-electron chi connectivity index (χ3n) is 2.97. The van der Waals surface area contributed by atoms with Crippen LogP contribution in [-0.2, 0) is 0 Å². The van der Waals surface area contributed by atoms with E-state index in [1.165, 1.54) is 0 Å². The van der Waals surface area contributed by atoms with Gasteiger partial charge in [-0.3, -0.25) is 0 Å². The number of hydrogen-bond acceptors (Lipinski definition) is 3. The van der Waals surface area contributed by atoms with E-state index in [4.69, 9.17) is 0 Å². The Morgan fingerprint density at radius 3 is 2.78 bits per heavy atom. The number of thiophene rings is 1. The first-order valence-electron chi connectivity index (χ1n) is 5.59. The summed E-state index contributed by atoms with van der Waals surface area (Å²) in [5, 5.41) is 13.5. The summed E-state index contributed by atoms with van der Waals surface area (Å²) in [7, 11) is 1.97. The molecule has 0 aliphatic rings. The minimum Gasteiger partial charge on any atom is -0.340 e. The second-order valence-corrected chi connectivity index (χ2v) is 4.94. The molecule has 3 aromatic rings. The number of aromatic amines is 1. The molecule has 88 valence electrons. The second kappa shape index (κ2) is 4.21. The predicted octanol–water partition coefficient (Wildman–Crippen LogP) is 3.87. The van der Waals surface area contributed by atoms with E-state index in [0.717, 1.165) is 21.7 Å². The Morgan fingerprint density at radius 2 is 2.06 bits per heavy atom. The summed E-state index contributed by atoms with van der Waals surface area (Å²) >= 11 is 1.65. The van der Waals surface area contributed by atoms with Gasteiger partial charge in [0.1, 0.15) is 17.5 Å². The minimum absolute atomic E-state index is 0.696. The summed E-state index contributed by atoms with van der Waals surface area (Å²) < 4.78 is 0. The highest BCUT2D eigenvalue weighted by Crippen LogP contribution is 2.33. The van der Waals surface area contributed by atoms with Crippen LogP contribution in [0.5, 0.6) is 0 Å². The van der Waals surface area contributed by atoms with Gasteiger partial charge in [-0.2, -0.15) is 5.26 Å². The van der Waals surface area contributed by atoms with Gasteiger partial charge in [-0.25, -0.2) is 0 Å². The molecule has 18 heavy (non-hydrogen) atoms. The molecule has 0 spiro atoms. The molecular weight excluding hydrogens is 242 g/mol. The van der Waals surface area contributed by atoms with E-state index in [-0.39, 0.29) is 0 Å². The number of benzene rings is 1. The number of rotatable bonds is 2. The molecule has 0 aliphatic carbocycles. The van der Waals surface area contributed by atoms with Crippen LogP contribution in [0.4, 0.5) is 10.8 Å². The number of para-hydroxylation sites is 1. The second-order valence-electron chi connectivity index (χ2n) is 4.02. The lowest BCUT2D eigenvalue weighted by atomic mass is 10.2. The van der Waals surface area contributed by atoms with E-state index < -0.39 is 0 Å². The standard InChI is InChI=1S/C14H11N3S/c1-17(13-7-4-8-18-13)14-11(9-15)10-5-2-3-6-12(10)16-14/h2-8,16H,1H3. The van der Waals surface area contributed by atoms with Gasteiger partial charge in [0.25, 0.3) is 0 Å². The highest BCUT2D eigenvalue weighted by atomic mass is 32.1. The first kappa shape index (κ1) is 10.9.